The zero-order valence-electron chi connectivity index (χ0n) is 20.8. The highest BCUT2D eigenvalue weighted by Crippen LogP contribution is 2.37. The summed E-state index contributed by atoms with van der Waals surface area (Å²) < 4.78 is 114. The number of halogens is 6. The van der Waals surface area contributed by atoms with E-state index < -0.39 is 51.1 Å². The van der Waals surface area contributed by atoms with E-state index in [1.165, 1.54) is 24.3 Å². The lowest BCUT2D eigenvalue weighted by Crippen LogP contribution is -2.26. The first-order valence-electron chi connectivity index (χ1n) is 11.9. The normalized spacial score (nSPS) is 14.3. The molecule has 0 saturated heterocycles. The lowest BCUT2D eigenvalue weighted by molar-refractivity contribution is -0.142. The second-order valence-electron chi connectivity index (χ2n) is 9.23. The molecule has 2 aromatic heterocycles. The van der Waals surface area contributed by atoms with E-state index in [-0.39, 0.29) is 33.4 Å². The van der Waals surface area contributed by atoms with Crippen LogP contribution in [-0.4, -0.2) is 35.2 Å². The van der Waals surface area contributed by atoms with Gasteiger partial charge in [-0.1, -0.05) is 12.1 Å². The summed E-state index contributed by atoms with van der Waals surface area (Å²) in [5.41, 5.74) is -3.39. The van der Waals surface area contributed by atoms with Crippen LogP contribution in [0.3, 0.4) is 0 Å². The van der Waals surface area contributed by atoms with Crippen LogP contribution in [0.5, 0.6) is 5.75 Å². The number of alkyl halides is 6. The Morgan fingerprint density at radius 2 is 1.76 bits per heavy atom. The molecule has 5 rings (SSSR count). The number of rotatable bonds is 6. The minimum absolute atomic E-state index is 0.0232. The molecule has 0 aliphatic heterocycles. The Morgan fingerprint density at radius 3 is 2.39 bits per heavy atom. The Balaban J connectivity index is 1.45. The predicted octanol–water partition coefficient (Wildman–Crippen LogP) is 5.79. The summed E-state index contributed by atoms with van der Waals surface area (Å²) in [5.74, 6) is -0.488. The third-order valence-electron chi connectivity index (χ3n) is 6.05. The fraction of sp³-hybridized carbons (Fsp3) is 0.240. The van der Waals surface area contributed by atoms with Crippen molar-refractivity contribution in [3.63, 3.8) is 0 Å². The number of hydrogen-bond acceptors (Lipinski definition) is 6. The van der Waals surface area contributed by atoms with Crippen LogP contribution in [0.25, 0.3) is 16.9 Å². The van der Waals surface area contributed by atoms with Gasteiger partial charge < -0.3 is 4.74 Å². The van der Waals surface area contributed by atoms with E-state index in [4.69, 9.17) is 4.74 Å². The highest BCUT2D eigenvalue weighted by molar-refractivity contribution is 7.89. The minimum atomic E-state index is -4.96. The molecule has 4 aromatic rings. The number of amides is 1. The van der Waals surface area contributed by atoms with Gasteiger partial charge in [0.05, 0.1) is 22.3 Å². The maximum Gasteiger partial charge on any atom is 0.433 e. The van der Waals surface area contributed by atoms with E-state index in [1.54, 1.807) is 0 Å². The lowest BCUT2D eigenvalue weighted by Gasteiger charge is -2.14. The quantitative estimate of drug-likeness (QED) is 0.271. The van der Waals surface area contributed by atoms with Crippen LogP contribution in [0.15, 0.2) is 59.6 Å². The Morgan fingerprint density at radius 1 is 1.02 bits per heavy atom. The van der Waals surface area contributed by atoms with Gasteiger partial charge in [0, 0.05) is 17.3 Å². The number of anilines is 1. The van der Waals surface area contributed by atoms with Crippen molar-refractivity contribution in [1.82, 2.24) is 19.3 Å². The molecular weight excluding hydrogens is 580 g/mol. The van der Waals surface area contributed by atoms with Gasteiger partial charge >= 0.3 is 18.4 Å². The summed E-state index contributed by atoms with van der Waals surface area (Å²) in [6.45, 7) is 1.16. The minimum Gasteiger partial charge on any atom is -0.404 e. The van der Waals surface area contributed by atoms with Gasteiger partial charge in [0.1, 0.15) is 0 Å². The van der Waals surface area contributed by atoms with Crippen molar-refractivity contribution in [2.45, 2.75) is 43.1 Å². The molecule has 1 fully saturated rings. The second kappa shape index (κ2) is 10.0. The van der Waals surface area contributed by atoms with Crippen LogP contribution in [0, 0.1) is 6.92 Å². The third kappa shape index (κ3) is 6.12. The van der Waals surface area contributed by atoms with Gasteiger partial charge in [-0.2, -0.15) is 31.4 Å². The van der Waals surface area contributed by atoms with Gasteiger partial charge in [-0.05, 0) is 61.7 Å². The van der Waals surface area contributed by atoms with Gasteiger partial charge in [-0.15, -0.1) is 0 Å². The summed E-state index contributed by atoms with van der Waals surface area (Å²) in [7, 11) is -3.83. The van der Waals surface area contributed by atoms with Crippen molar-refractivity contribution >= 4 is 27.5 Å². The number of hydrogen-bond donors (Lipinski definition) is 2. The number of nitrogens with one attached hydrogen (secondary N) is 2. The summed E-state index contributed by atoms with van der Waals surface area (Å²) in [4.78, 5) is 16.6. The van der Waals surface area contributed by atoms with Crippen LogP contribution < -0.4 is 14.8 Å². The maximum absolute atomic E-state index is 13.9. The number of aryl methyl sites for hydroxylation is 1. The van der Waals surface area contributed by atoms with E-state index in [9.17, 15) is 39.6 Å². The summed E-state index contributed by atoms with van der Waals surface area (Å²) >= 11 is 0. The average molecular weight is 600 g/mol. The highest BCUT2D eigenvalue weighted by Gasteiger charge is 2.37. The monoisotopic (exact) mass is 599 g/mol. The van der Waals surface area contributed by atoms with Crippen molar-refractivity contribution in [2.24, 2.45) is 0 Å². The Kier molecular flexibility index (Phi) is 6.93. The van der Waals surface area contributed by atoms with E-state index >= 15 is 0 Å². The van der Waals surface area contributed by atoms with Crippen LogP contribution >= 0.6 is 0 Å². The number of sulfonamides is 1. The molecule has 2 N–H and O–H groups in total. The van der Waals surface area contributed by atoms with Crippen molar-refractivity contribution < 1.29 is 44.3 Å². The zero-order chi connectivity index (χ0) is 29.7. The molecule has 2 aromatic carbocycles. The molecule has 0 spiro atoms. The largest absolute Gasteiger partial charge is 0.433 e. The number of benzene rings is 2. The fourth-order valence-electron chi connectivity index (χ4n) is 3.98. The molecule has 216 valence electrons. The van der Waals surface area contributed by atoms with Crippen LogP contribution in [0.2, 0.25) is 0 Å². The molecule has 9 nitrogen and oxygen atoms in total. The van der Waals surface area contributed by atoms with Crippen molar-refractivity contribution in [3.05, 3.63) is 71.5 Å². The first-order chi connectivity index (χ1) is 19.1. The molecule has 0 radical (unpaired) electrons. The number of nitrogens with zero attached hydrogens (tertiary/aromatic N) is 3. The Hall–Kier alpha value is -4.18. The average Bonchev–Trinajstić information content (AvgIpc) is 3.59. The van der Waals surface area contributed by atoms with Crippen LogP contribution in [0.4, 0.5) is 36.8 Å². The lowest BCUT2D eigenvalue weighted by atomic mass is 10.0. The molecule has 16 heteroatoms. The molecule has 1 saturated carbocycles. The Labute approximate surface area is 228 Å². The highest BCUT2D eigenvalue weighted by atomic mass is 32.2. The summed E-state index contributed by atoms with van der Waals surface area (Å²) in [5, 5.41) is 5.91. The standard InChI is InChI=1S/C25H19F6N5O4S/c1-13-9-14(5-8-18(13)24(26,27)28)19-11-21(25(29,30)31)36-22(34-19)20(12-32-36)40-23(37)33-16-3-2-4-17(10-16)41(38,39)35-15-6-7-15/h2-5,8-12,15,35H,6-7H2,1H3,(H,33,37). The topological polar surface area (TPSA) is 115 Å². The smallest absolute Gasteiger partial charge is 0.404 e. The van der Waals surface area contributed by atoms with E-state index in [0.29, 0.717) is 23.4 Å². The van der Waals surface area contributed by atoms with Crippen molar-refractivity contribution in [1.29, 1.82) is 0 Å². The SMILES string of the molecule is Cc1cc(-c2cc(C(F)(F)F)n3ncc(OC(=O)Nc4cccc(S(=O)(=O)NC5CC5)c4)c3n2)ccc1C(F)(F)F. The van der Waals surface area contributed by atoms with Crippen LogP contribution in [-0.2, 0) is 22.4 Å². The summed E-state index contributed by atoms with van der Waals surface area (Å²) in [6, 6.07) is 8.48. The van der Waals surface area contributed by atoms with Crippen molar-refractivity contribution in [2.75, 3.05) is 5.32 Å². The third-order valence-corrected chi connectivity index (χ3v) is 7.57. The van der Waals surface area contributed by atoms with Gasteiger partial charge in [-0.3, -0.25) is 5.32 Å². The first-order valence-corrected chi connectivity index (χ1v) is 13.4. The molecule has 2 heterocycles. The number of carbonyl (C=O) groups is 1. The first kappa shape index (κ1) is 28.4. The number of aromatic nitrogens is 3. The van der Waals surface area contributed by atoms with Gasteiger partial charge in [-0.25, -0.2) is 27.4 Å². The van der Waals surface area contributed by atoms with Gasteiger partial charge in [0.15, 0.2) is 17.1 Å². The Bertz CT molecular complexity index is 1760. The second-order valence-corrected chi connectivity index (χ2v) is 10.9. The van der Waals surface area contributed by atoms with Crippen LogP contribution in [0.1, 0.15) is 29.7 Å². The van der Waals surface area contributed by atoms with Gasteiger partial charge in [0.2, 0.25) is 10.0 Å². The molecule has 1 aliphatic carbocycles. The number of fused-ring (bicyclic) bond motifs is 1. The van der Waals surface area contributed by atoms with E-state index in [0.717, 1.165) is 31.3 Å². The molecule has 0 atom stereocenters. The molecule has 41 heavy (non-hydrogen) atoms. The molecule has 1 aliphatic rings. The predicted molar refractivity (Wildman–Crippen MR) is 133 cm³/mol. The van der Waals surface area contributed by atoms with Crippen molar-refractivity contribution in [3.8, 4) is 17.0 Å². The molecule has 0 unspecified atom stereocenters. The molecule has 1 amide bonds. The number of ether oxygens (including phenoxy) is 1. The van der Waals surface area contributed by atoms with Gasteiger partial charge in [0.25, 0.3) is 0 Å². The van der Waals surface area contributed by atoms with E-state index in [2.05, 4.69) is 20.1 Å². The number of carbonyl (C=O) groups excluding carboxylic acids is 1. The maximum atomic E-state index is 13.9. The fourth-order valence-corrected chi connectivity index (χ4v) is 5.33. The molecule has 0 bridgehead atoms. The summed E-state index contributed by atoms with van der Waals surface area (Å²) in [6.07, 6.45) is -8.55. The zero-order valence-corrected chi connectivity index (χ0v) is 21.7. The van der Waals surface area contributed by atoms with E-state index in [1.807, 2.05) is 0 Å². The molecular formula is C25H19F6N5O4S.